The molecule has 0 aromatic carbocycles. The second-order valence-electron chi connectivity index (χ2n) is 4.22. The van der Waals surface area contributed by atoms with Crippen LogP contribution < -0.4 is 5.32 Å². The van der Waals surface area contributed by atoms with Crippen molar-refractivity contribution < 1.29 is 0 Å². The predicted molar refractivity (Wildman–Crippen MR) is 59.4 cm³/mol. The number of pyridine rings is 1. The lowest BCUT2D eigenvalue weighted by Crippen LogP contribution is -2.10. The lowest BCUT2D eigenvalue weighted by molar-refractivity contribution is 0.580. The molecule has 1 N–H and O–H groups in total. The van der Waals surface area contributed by atoms with Crippen LogP contribution >= 0.6 is 0 Å². The quantitative estimate of drug-likeness (QED) is 0.792. The summed E-state index contributed by atoms with van der Waals surface area (Å²) >= 11 is 0. The molecular weight excluding hydrogens is 172 g/mol. The van der Waals surface area contributed by atoms with Gasteiger partial charge in [0, 0.05) is 24.1 Å². The van der Waals surface area contributed by atoms with Gasteiger partial charge in [0.05, 0.1) is 0 Å². The third kappa shape index (κ3) is 2.47. The zero-order chi connectivity index (χ0) is 9.80. The number of hydrogen-bond donors (Lipinski definition) is 1. The molecule has 0 spiro atoms. The standard InChI is InChI=1S/C12H18N2/c1-10-8-12(6-7-13-10)14-9-11-4-2-3-5-11/h6-8,11H,2-5,9H2,1H3,(H,13,14). The molecule has 0 radical (unpaired) electrons. The lowest BCUT2D eigenvalue weighted by atomic mass is 10.1. The molecule has 1 aliphatic rings. The van der Waals surface area contributed by atoms with E-state index in [-0.39, 0.29) is 0 Å². The van der Waals surface area contributed by atoms with Crippen LogP contribution in [0.5, 0.6) is 0 Å². The molecule has 1 saturated carbocycles. The summed E-state index contributed by atoms with van der Waals surface area (Å²) < 4.78 is 0. The fourth-order valence-electron chi connectivity index (χ4n) is 2.13. The van der Waals surface area contributed by atoms with Crippen molar-refractivity contribution in [2.24, 2.45) is 5.92 Å². The molecule has 1 aromatic rings. The molecule has 76 valence electrons. The molecule has 2 rings (SSSR count). The number of hydrogen-bond acceptors (Lipinski definition) is 2. The molecule has 0 bridgehead atoms. The number of aryl methyl sites for hydroxylation is 1. The van der Waals surface area contributed by atoms with E-state index >= 15 is 0 Å². The first-order valence-electron chi connectivity index (χ1n) is 5.51. The molecular formula is C12H18N2. The largest absolute Gasteiger partial charge is 0.385 e. The SMILES string of the molecule is Cc1cc(NCC2CCCC2)ccn1. The molecule has 0 amide bonds. The summed E-state index contributed by atoms with van der Waals surface area (Å²) in [6, 6.07) is 4.15. The van der Waals surface area contributed by atoms with Gasteiger partial charge in [-0.2, -0.15) is 0 Å². The van der Waals surface area contributed by atoms with E-state index in [4.69, 9.17) is 0 Å². The van der Waals surface area contributed by atoms with Gasteiger partial charge in [-0.1, -0.05) is 12.8 Å². The van der Waals surface area contributed by atoms with Gasteiger partial charge in [0.15, 0.2) is 0 Å². The van der Waals surface area contributed by atoms with Crippen molar-refractivity contribution in [3.63, 3.8) is 0 Å². The molecule has 0 aliphatic heterocycles. The van der Waals surface area contributed by atoms with E-state index < -0.39 is 0 Å². The van der Waals surface area contributed by atoms with Crippen LogP contribution in [0.3, 0.4) is 0 Å². The minimum Gasteiger partial charge on any atom is -0.385 e. The van der Waals surface area contributed by atoms with Crippen LogP contribution in [0.15, 0.2) is 18.3 Å². The van der Waals surface area contributed by atoms with E-state index in [1.54, 1.807) is 0 Å². The Morgan fingerprint density at radius 3 is 2.93 bits per heavy atom. The number of nitrogens with zero attached hydrogens (tertiary/aromatic N) is 1. The van der Waals surface area contributed by atoms with Crippen LogP contribution in [0.25, 0.3) is 0 Å². The van der Waals surface area contributed by atoms with Crippen molar-refractivity contribution in [3.8, 4) is 0 Å². The van der Waals surface area contributed by atoms with Gasteiger partial charge in [-0.15, -0.1) is 0 Å². The maximum absolute atomic E-state index is 4.18. The minimum atomic E-state index is 0.892. The average Bonchev–Trinajstić information content (AvgIpc) is 2.67. The molecule has 1 heterocycles. The predicted octanol–water partition coefficient (Wildman–Crippen LogP) is 2.99. The molecule has 1 aromatic heterocycles. The summed E-state index contributed by atoms with van der Waals surface area (Å²) in [6.45, 7) is 3.16. The van der Waals surface area contributed by atoms with Gasteiger partial charge in [-0.05, 0) is 37.8 Å². The van der Waals surface area contributed by atoms with Gasteiger partial charge in [-0.3, -0.25) is 4.98 Å². The number of anilines is 1. The molecule has 2 heteroatoms. The zero-order valence-electron chi connectivity index (χ0n) is 8.79. The fraction of sp³-hybridized carbons (Fsp3) is 0.583. The van der Waals surface area contributed by atoms with Crippen LogP contribution in [0.2, 0.25) is 0 Å². The van der Waals surface area contributed by atoms with Gasteiger partial charge in [-0.25, -0.2) is 0 Å². The third-order valence-corrected chi connectivity index (χ3v) is 2.97. The highest BCUT2D eigenvalue weighted by atomic mass is 14.9. The first-order valence-corrected chi connectivity index (χ1v) is 5.51. The van der Waals surface area contributed by atoms with E-state index in [9.17, 15) is 0 Å². The van der Waals surface area contributed by atoms with Gasteiger partial charge in [0.1, 0.15) is 0 Å². The van der Waals surface area contributed by atoms with Gasteiger partial charge < -0.3 is 5.32 Å². The molecule has 1 aliphatic carbocycles. The van der Waals surface area contributed by atoms with E-state index in [0.717, 1.165) is 18.2 Å². The topological polar surface area (TPSA) is 24.9 Å². The summed E-state index contributed by atoms with van der Waals surface area (Å²) in [4.78, 5) is 4.18. The van der Waals surface area contributed by atoms with E-state index in [1.165, 1.54) is 31.4 Å². The van der Waals surface area contributed by atoms with E-state index in [1.807, 2.05) is 19.2 Å². The van der Waals surface area contributed by atoms with Crippen LogP contribution in [-0.2, 0) is 0 Å². The van der Waals surface area contributed by atoms with Crippen molar-refractivity contribution in [1.29, 1.82) is 0 Å². The van der Waals surface area contributed by atoms with Crippen molar-refractivity contribution in [2.75, 3.05) is 11.9 Å². The van der Waals surface area contributed by atoms with E-state index in [2.05, 4.69) is 16.4 Å². The van der Waals surface area contributed by atoms with E-state index in [0.29, 0.717) is 0 Å². The van der Waals surface area contributed by atoms with Crippen LogP contribution in [-0.4, -0.2) is 11.5 Å². The number of nitrogens with one attached hydrogen (secondary N) is 1. The Morgan fingerprint density at radius 1 is 1.43 bits per heavy atom. The Labute approximate surface area is 85.7 Å². The molecule has 2 nitrogen and oxygen atoms in total. The second kappa shape index (κ2) is 4.45. The van der Waals surface area contributed by atoms with Gasteiger partial charge in [0.2, 0.25) is 0 Å². The minimum absolute atomic E-state index is 0.892. The highest BCUT2D eigenvalue weighted by Gasteiger charge is 2.14. The monoisotopic (exact) mass is 190 g/mol. The van der Waals surface area contributed by atoms with Crippen molar-refractivity contribution in [3.05, 3.63) is 24.0 Å². The van der Waals surface area contributed by atoms with Crippen molar-refractivity contribution in [1.82, 2.24) is 4.98 Å². The average molecular weight is 190 g/mol. The first kappa shape index (κ1) is 9.50. The summed E-state index contributed by atoms with van der Waals surface area (Å²) in [5.74, 6) is 0.892. The maximum Gasteiger partial charge on any atom is 0.0393 e. The Morgan fingerprint density at radius 2 is 2.21 bits per heavy atom. The second-order valence-corrected chi connectivity index (χ2v) is 4.22. The Hall–Kier alpha value is -1.05. The van der Waals surface area contributed by atoms with Crippen molar-refractivity contribution in [2.45, 2.75) is 32.6 Å². The number of aromatic nitrogens is 1. The van der Waals surface area contributed by atoms with Crippen LogP contribution in [0, 0.1) is 12.8 Å². The molecule has 0 saturated heterocycles. The Balaban J connectivity index is 1.85. The Bertz CT molecular complexity index is 290. The summed E-state index contributed by atoms with van der Waals surface area (Å²) in [5.41, 5.74) is 2.30. The highest BCUT2D eigenvalue weighted by molar-refractivity contribution is 5.42. The highest BCUT2D eigenvalue weighted by Crippen LogP contribution is 2.24. The van der Waals surface area contributed by atoms with Gasteiger partial charge >= 0.3 is 0 Å². The van der Waals surface area contributed by atoms with Gasteiger partial charge in [0.25, 0.3) is 0 Å². The lowest BCUT2D eigenvalue weighted by Gasteiger charge is -2.11. The summed E-state index contributed by atoms with van der Waals surface area (Å²) in [7, 11) is 0. The smallest absolute Gasteiger partial charge is 0.0393 e. The number of rotatable bonds is 3. The molecule has 14 heavy (non-hydrogen) atoms. The van der Waals surface area contributed by atoms with Crippen molar-refractivity contribution >= 4 is 5.69 Å². The third-order valence-electron chi connectivity index (χ3n) is 2.97. The summed E-state index contributed by atoms with van der Waals surface area (Å²) in [6.07, 6.45) is 7.50. The maximum atomic E-state index is 4.18. The first-order chi connectivity index (χ1) is 6.84. The van der Waals surface area contributed by atoms with Crippen LogP contribution in [0.1, 0.15) is 31.4 Å². The molecule has 1 fully saturated rings. The molecule has 0 unspecified atom stereocenters. The normalized spacial score (nSPS) is 17.2. The zero-order valence-corrected chi connectivity index (χ0v) is 8.79. The Kier molecular flexibility index (Phi) is 3.02. The summed E-state index contributed by atoms with van der Waals surface area (Å²) in [5, 5.41) is 3.49. The molecule has 0 atom stereocenters. The van der Waals surface area contributed by atoms with Crippen LogP contribution in [0.4, 0.5) is 5.69 Å². The fourth-order valence-corrected chi connectivity index (χ4v) is 2.13.